The molecule has 0 saturated carbocycles. The lowest BCUT2D eigenvalue weighted by molar-refractivity contribution is 0.688. The molecule has 17 heavy (non-hydrogen) atoms. The second kappa shape index (κ2) is 6.15. The summed E-state index contributed by atoms with van der Waals surface area (Å²) in [6, 6.07) is 6.19. The summed E-state index contributed by atoms with van der Waals surface area (Å²) in [7, 11) is 0. The van der Waals surface area contributed by atoms with E-state index in [0.717, 1.165) is 23.8 Å². The summed E-state index contributed by atoms with van der Waals surface area (Å²) >= 11 is 7.53. The second-order valence-electron chi connectivity index (χ2n) is 4.00. The van der Waals surface area contributed by atoms with E-state index in [4.69, 9.17) is 11.6 Å². The van der Waals surface area contributed by atoms with Crippen LogP contribution < -0.4 is 5.32 Å². The molecule has 0 aliphatic carbocycles. The molecule has 90 valence electrons. The third kappa shape index (κ3) is 4.11. The van der Waals surface area contributed by atoms with E-state index in [-0.39, 0.29) is 0 Å². The first kappa shape index (κ1) is 12.6. The van der Waals surface area contributed by atoms with Gasteiger partial charge in [-0.3, -0.25) is 4.98 Å². The van der Waals surface area contributed by atoms with Crippen molar-refractivity contribution in [1.82, 2.24) is 10.3 Å². The van der Waals surface area contributed by atoms with Gasteiger partial charge in [-0.2, -0.15) is 0 Å². The molecule has 0 unspecified atom stereocenters. The highest BCUT2D eigenvalue weighted by molar-refractivity contribution is 7.16. The molecule has 2 aromatic heterocycles. The molecule has 0 saturated heterocycles. The number of halogens is 1. The number of pyridine rings is 1. The predicted octanol–water partition coefficient (Wildman–Crippen LogP) is 3.44. The van der Waals surface area contributed by atoms with Crippen LogP contribution in [-0.2, 0) is 13.0 Å². The number of aromatic nitrogens is 1. The Hall–Kier alpha value is -0.900. The van der Waals surface area contributed by atoms with Crippen LogP contribution in [-0.4, -0.2) is 11.5 Å². The molecule has 2 nitrogen and oxygen atoms in total. The minimum atomic E-state index is 0.864. The summed E-state index contributed by atoms with van der Waals surface area (Å²) in [5.74, 6) is 0. The smallest absolute Gasteiger partial charge is 0.0931 e. The zero-order chi connectivity index (χ0) is 12.1. The van der Waals surface area contributed by atoms with Gasteiger partial charge in [-0.15, -0.1) is 11.3 Å². The van der Waals surface area contributed by atoms with Crippen molar-refractivity contribution in [3.05, 3.63) is 50.9 Å². The van der Waals surface area contributed by atoms with Gasteiger partial charge in [0.1, 0.15) is 0 Å². The molecule has 2 heterocycles. The van der Waals surface area contributed by atoms with Crippen LogP contribution in [0, 0.1) is 6.92 Å². The Kier molecular flexibility index (Phi) is 4.54. The van der Waals surface area contributed by atoms with E-state index in [0.29, 0.717) is 0 Å². The minimum absolute atomic E-state index is 0.864. The van der Waals surface area contributed by atoms with Crippen molar-refractivity contribution in [2.75, 3.05) is 6.54 Å². The molecule has 2 rings (SSSR count). The number of thiophene rings is 1. The topological polar surface area (TPSA) is 24.9 Å². The Morgan fingerprint density at radius 3 is 2.94 bits per heavy atom. The number of hydrogen-bond acceptors (Lipinski definition) is 3. The van der Waals surface area contributed by atoms with E-state index < -0.39 is 0 Å². The molecular formula is C13H15ClN2S. The van der Waals surface area contributed by atoms with E-state index in [2.05, 4.69) is 29.4 Å². The first-order chi connectivity index (χ1) is 8.24. The van der Waals surface area contributed by atoms with Gasteiger partial charge in [-0.1, -0.05) is 17.7 Å². The molecule has 0 aliphatic rings. The summed E-state index contributed by atoms with van der Waals surface area (Å²) in [4.78, 5) is 5.49. The highest BCUT2D eigenvalue weighted by atomic mass is 35.5. The second-order valence-corrected chi connectivity index (χ2v) is 5.80. The van der Waals surface area contributed by atoms with Crippen LogP contribution in [0.1, 0.15) is 16.0 Å². The zero-order valence-corrected chi connectivity index (χ0v) is 11.3. The van der Waals surface area contributed by atoms with Crippen LogP contribution in [0.4, 0.5) is 0 Å². The molecule has 4 heteroatoms. The Labute approximate surface area is 111 Å². The largest absolute Gasteiger partial charge is 0.312 e. The van der Waals surface area contributed by atoms with Crippen molar-refractivity contribution in [1.29, 1.82) is 0 Å². The van der Waals surface area contributed by atoms with Crippen molar-refractivity contribution in [3.8, 4) is 0 Å². The maximum Gasteiger partial charge on any atom is 0.0931 e. The van der Waals surface area contributed by atoms with E-state index >= 15 is 0 Å². The van der Waals surface area contributed by atoms with Gasteiger partial charge >= 0.3 is 0 Å². The van der Waals surface area contributed by atoms with Crippen LogP contribution in [0.3, 0.4) is 0 Å². The molecule has 2 aromatic rings. The molecular weight excluding hydrogens is 252 g/mol. The number of rotatable bonds is 5. The number of aryl methyl sites for hydroxylation is 1. The number of nitrogens with one attached hydrogen (secondary N) is 1. The summed E-state index contributed by atoms with van der Waals surface area (Å²) in [5.41, 5.74) is 2.43. The summed E-state index contributed by atoms with van der Waals surface area (Å²) < 4.78 is 0.864. The van der Waals surface area contributed by atoms with Crippen molar-refractivity contribution < 1.29 is 0 Å². The van der Waals surface area contributed by atoms with Crippen molar-refractivity contribution in [3.63, 3.8) is 0 Å². The van der Waals surface area contributed by atoms with Gasteiger partial charge < -0.3 is 5.32 Å². The highest BCUT2D eigenvalue weighted by Crippen LogP contribution is 2.21. The van der Waals surface area contributed by atoms with Gasteiger partial charge in [-0.05, 0) is 36.6 Å². The molecule has 1 N–H and O–H groups in total. The fourth-order valence-corrected chi connectivity index (χ4v) is 2.73. The third-order valence-corrected chi connectivity index (χ3v) is 3.73. The van der Waals surface area contributed by atoms with E-state index in [1.807, 2.05) is 18.5 Å². The van der Waals surface area contributed by atoms with Crippen LogP contribution in [0.2, 0.25) is 4.34 Å². The molecule has 0 aromatic carbocycles. The molecule has 0 atom stereocenters. The van der Waals surface area contributed by atoms with Gasteiger partial charge in [0.25, 0.3) is 0 Å². The quantitative estimate of drug-likeness (QED) is 0.839. The maximum atomic E-state index is 5.88. The fourth-order valence-electron chi connectivity index (χ4n) is 1.64. The predicted molar refractivity (Wildman–Crippen MR) is 73.7 cm³/mol. The van der Waals surface area contributed by atoms with Gasteiger partial charge in [0.2, 0.25) is 0 Å². The lowest BCUT2D eigenvalue weighted by Crippen LogP contribution is -2.16. The average molecular weight is 267 g/mol. The highest BCUT2D eigenvalue weighted by Gasteiger charge is 1.98. The lowest BCUT2D eigenvalue weighted by Gasteiger charge is -2.04. The molecule has 0 bridgehead atoms. The van der Waals surface area contributed by atoms with Gasteiger partial charge in [0.15, 0.2) is 0 Å². The molecule has 0 radical (unpaired) electrons. The molecule has 0 amide bonds. The van der Waals surface area contributed by atoms with E-state index in [1.54, 1.807) is 11.3 Å². The number of hydrogen-bond donors (Lipinski definition) is 1. The average Bonchev–Trinajstić information content (AvgIpc) is 2.71. The van der Waals surface area contributed by atoms with Crippen molar-refractivity contribution in [2.24, 2.45) is 0 Å². The van der Waals surface area contributed by atoms with E-state index in [1.165, 1.54) is 16.0 Å². The molecule has 0 fully saturated rings. The van der Waals surface area contributed by atoms with Crippen LogP contribution in [0.5, 0.6) is 0 Å². The van der Waals surface area contributed by atoms with Crippen LogP contribution in [0.25, 0.3) is 0 Å². The Bertz CT molecular complexity index is 482. The number of nitrogens with zero attached hydrogens (tertiary/aromatic N) is 1. The summed E-state index contributed by atoms with van der Waals surface area (Å²) in [6.07, 6.45) is 4.80. The monoisotopic (exact) mass is 266 g/mol. The van der Waals surface area contributed by atoms with Crippen molar-refractivity contribution in [2.45, 2.75) is 19.9 Å². The van der Waals surface area contributed by atoms with Gasteiger partial charge in [-0.25, -0.2) is 0 Å². The van der Waals surface area contributed by atoms with Gasteiger partial charge in [0.05, 0.1) is 4.34 Å². The third-order valence-electron chi connectivity index (χ3n) is 2.44. The lowest BCUT2D eigenvalue weighted by atomic mass is 10.2. The van der Waals surface area contributed by atoms with Crippen LogP contribution >= 0.6 is 22.9 Å². The van der Waals surface area contributed by atoms with Gasteiger partial charge in [0, 0.05) is 30.4 Å². The summed E-state index contributed by atoms with van der Waals surface area (Å²) in [6.45, 7) is 3.89. The summed E-state index contributed by atoms with van der Waals surface area (Å²) in [5, 5.41) is 3.41. The fraction of sp³-hybridized carbons (Fsp3) is 0.308. The Morgan fingerprint density at radius 1 is 1.35 bits per heavy atom. The zero-order valence-electron chi connectivity index (χ0n) is 9.74. The SMILES string of the molecule is Cc1cncc(CNCCc2ccc(Cl)s2)c1. The first-order valence-electron chi connectivity index (χ1n) is 5.59. The molecule has 0 aliphatic heterocycles. The van der Waals surface area contributed by atoms with Crippen molar-refractivity contribution >= 4 is 22.9 Å². The first-order valence-corrected chi connectivity index (χ1v) is 6.79. The standard InChI is InChI=1S/C13H15ClN2S/c1-10-6-11(9-16-7-10)8-15-5-4-12-2-3-13(14)17-12/h2-3,6-7,9,15H,4-5,8H2,1H3. The minimum Gasteiger partial charge on any atom is -0.312 e. The Balaban J connectivity index is 1.73. The normalized spacial score (nSPS) is 10.7. The Morgan fingerprint density at radius 2 is 2.24 bits per heavy atom. The maximum absolute atomic E-state index is 5.88. The van der Waals surface area contributed by atoms with Crippen LogP contribution in [0.15, 0.2) is 30.6 Å². The van der Waals surface area contributed by atoms with E-state index in [9.17, 15) is 0 Å². The molecule has 0 spiro atoms.